The van der Waals surface area contributed by atoms with E-state index in [0.29, 0.717) is 5.90 Å². The van der Waals surface area contributed by atoms with Crippen LogP contribution in [0.3, 0.4) is 0 Å². The van der Waals surface area contributed by atoms with Crippen LogP contribution in [0.5, 0.6) is 0 Å². The van der Waals surface area contributed by atoms with E-state index in [4.69, 9.17) is 9.47 Å². The number of nitrogens with zero attached hydrogens (tertiary/aromatic N) is 2. The first-order valence-corrected chi connectivity index (χ1v) is 2.70. The van der Waals surface area contributed by atoms with E-state index in [1.807, 2.05) is 0 Å². The maximum absolute atomic E-state index is 4.79. The summed E-state index contributed by atoms with van der Waals surface area (Å²) in [6, 6.07) is 0. The summed E-state index contributed by atoms with van der Waals surface area (Å²) in [5.41, 5.74) is 0. The van der Waals surface area contributed by atoms with Crippen molar-refractivity contribution in [1.29, 1.82) is 0 Å². The second kappa shape index (κ2) is 10.9. The molecule has 13 heavy (non-hydrogen) atoms. The van der Waals surface area contributed by atoms with Gasteiger partial charge in [0.1, 0.15) is 0 Å². The summed E-state index contributed by atoms with van der Waals surface area (Å²) in [4.78, 5) is 7.49. The summed E-state index contributed by atoms with van der Waals surface area (Å²) < 4.78 is 9.52. The van der Waals surface area contributed by atoms with Crippen LogP contribution in [0.2, 0.25) is 0 Å². The molecule has 0 spiro atoms. The molecule has 0 saturated heterocycles. The fourth-order valence-corrected chi connectivity index (χ4v) is 0.490. The second-order valence-electron chi connectivity index (χ2n) is 1.53. The minimum Gasteiger partial charge on any atom is -1.00 e. The van der Waals surface area contributed by atoms with Gasteiger partial charge >= 0.3 is 6.35 Å². The van der Waals surface area contributed by atoms with Crippen LogP contribution in [0.15, 0.2) is 16.1 Å². The number of methoxy groups -OCH3 is 2. The predicted molar refractivity (Wildman–Crippen MR) is 36.7 cm³/mol. The van der Waals surface area contributed by atoms with Gasteiger partial charge in [0.25, 0.3) is 0 Å². The quantitative estimate of drug-likeness (QED) is 0.474. The third-order valence-corrected chi connectivity index (χ3v) is 0.946. The molecule has 0 fully saturated rings. The van der Waals surface area contributed by atoms with Crippen LogP contribution in [0, 0.1) is 48.1 Å². The molecule has 1 rings (SSSR count). The first-order valence-electron chi connectivity index (χ1n) is 2.70. The monoisotopic (exact) mass is 349 g/mol. The van der Waals surface area contributed by atoms with Gasteiger partial charge in [0, 0.05) is 48.9 Å². The number of hydrogen-bond acceptors (Lipinski definition) is 4. The number of rotatable bonds is 1. The smallest absolute Gasteiger partial charge is 0.343 e. The molecule has 0 N–H and O–H groups in total. The molecule has 0 amide bonds. The third-order valence-electron chi connectivity index (χ3n) is 0.946. The molecule has 1 aliphatic rings. The molecule has 0 aliphatic carbocycles. The second-order valence-corrected chi connectivity index (χ2v) is 1.53. The predicted octanol–water partition coefficient (Wildman–Crippen LogP) is -5.63. The molecule has 0 saturated carbocycles. The Bertz CT molecular complexity index is 217. The third kappa shape index (κ3) is 6.85. The zero-order chi connectivity index (χ0) is 7.40. The molecular weight excluding hydrogens is 343 g/mol. The van der Waals surface area contributed by atoms with Crippen LogP contribution in [-0.2, 0) is 9.47 Å². The van der Waals surface area contributed by atoms with E-state index in [1.165, 1.54) is 20.3 Å². The van der Waals surface area contributed by atoms with Crippen molar-refractivity contribution in [2.45, 2.75) is 0 Å². The largest absolute Gasteiger partial charge is 1.00 e. The van der Waals surface area contributed by atoms with Gasteiger partial charge in [-0.05, 0) is 5.87 Å². The first kappa shape index (κ1) is 19.4. The molecule has 73 valence electrons. The molecular formula is C6H7CeCl2N2O2-2. The van der Waals surface area contributed by atoms with Gasteiger partial charge in [0.2, 0.25) is 5.90 Å². The normalized spacial score (nSPS) is 13.2. The maximum Gasteiger partial charge on any atom is 0.343 e. The van der Waals surface area contributed by atoms with E-state index in [1.54, 1.807) is 0 Å². The van der Waals surface area contributed by atoms with Gasteiger partial charge in [-0.3, -0.25) is 0 Å². The van der Waals surface area contributed by atoms with Crippen molar-refractivity contribution in [2.24, 2.45) is 9.98 Å². The SMILES string of the molecule is CO[C]1N=C=CC(OC)=N1.[Ce].[Cl-].[Cl-]. The van der Waals surface area contributed by atoms with Gasteiger partial charge in [-0.2, -0.15) is 9.98 Å². The molecule has 1 heterocycles. The Kier molecular flexibility index (Phi) is 16.3. The van der Waals surface area contributed by atoms with E-state index >= 15 is 0 Å². The van der Waals surface area contributed by atoms with Crippen molar-refractivity contribution in [3.8, 4) is 0 Å². The number of aliphatic imine (C=N–C) groups is 2. The molecule has 1 radical (unpaired) electrons. The minimum atomic E-state index is 0. The summed E-state index contributed by atoms with van der Waals surface area (Å²) in [5.74, 6) is 3.02. The van der Waals surface area contributed by atoms with E-state index in [9.17, 15) is 0 Å². The number of halogens is 2. The van der Waals surface area contributed by atoms with Crippen molar-refractivity contribution in [3.63, 3.8) is 0 Å². The summed E-state index contributed by atoms with van der Waals surface area (Å²) in [7, 11) is 3.01. The summed E-state index contributed by atoms with van der Waals surface area (Å²) in [6.07, 6.45) is 1.79. The van der Waals surface area contributed by atoms with Crippen molar-refractivity contribution in [2.75, 3.05) is 14.2 Å². The van der Waals surface area contributed by atoms with E-state index in [2.05, 4.69) is 15.9 Å². The number of ether oxygens (including phenoxy) is 2. The minimum absolute atomic E-state index is 0. The number of hydrogen-bond donors (Lipinski definition) is 0. The van der Waals surface area contributed by atoms with E-state index in [0.717, 1.165) is 0 Å². The first-order chi connectivity index (χ1) is 4.86. The Morgan fingerprint density at radius 3 is 2.31 bits per heavy atom. The topological polar surface area (TPSA) is 43.2 Å². The van der Waals surface area contributed by atoms with Crippen LogP contribution >= 0.6 is 0 Å². The van der Waals surface area contributed by atoms with E-state index in [-0.39, 0.29) is 72.9 Å². The van der Waals surface area contributed by atoms with Crippen molar-refractivity contribution in [3.05, 3.63) is 12.4 Å². The van der Waals surface area contributed by atoms with Gasteiger partial charge in [-0.15, -0.1) is 0 Å². The van der Waals surface area contributed by atoms with Gasteiger partial charge in [-0.1, -0.05) is 0 Å². The van der Waals surface area contributed by atoms with Gasteiger partial charge < -0.3 is 34.3 Å². The van der Waals surface area contributed by atoms with Gasteiger partial charge in [0.05, 0.1) is 13.2 Å². The molecule has 0 aromatic heterocycles. The Balaban J connectivity index is -0.000000333. The zero-order valence-corrected chi connectivity index (χ0v) is 11.7. The van der Waals surface area contributed by atoms with Crippen molar-refractivity contribution >= 4 is 11.8 Å². The van der Waals surface area contributed by atoms with E-state index < -0.39 is 0 Å². The fourth-order valence-electron chi connectivity index (χ4n) is 0.490. The Labute approximate surface area is 123 Å². The van der Waals surface area contributed by atoms with Crippen LogP contribution in [0.25, 0.3) is 0 Å². The Hall–Kier alpha value is 0.837. The van der Waals surface area contributed by atoms with Crippen molar-refractivity contribution in [1.82, 2.24) is 0 Å². The summed E-state index contributed by atoms with van der Waals surface area (Å²) in [5, 5.41) is 0. The Morgan fingerprint density at radius 1 is 1.23 bits per heavy atom. The van der Waals surface area contributed by atoms with Crippen LogP contribution in [0.1, 0.15) is 0 Å². The average molecular weight is 350 g/mol. The van der Waals surface area contributed by atoms with Crippen LogP contribution in [-0.4, -0.2) is 26.0 Å². The Morgan fingerprint density at radius 2 is 1.85 bits per heavy atom. The van der Waals surface area contributed by atoms with Crippen LogP contribution < -0.4 is 24.8 Å². The standard InChI is InChI=1S/C6H7N2O2.Ce.2ClH/c1-9-5-3-4-7-6(8-5)10-2;;;/h3H,1-2H3;;2*1H/p-2. The summed E-state index contributed by atoms with van der Waals surface area (Å²) >= 11 is 0. The maximum atomic E-state index is 4.79. The van der Waals surface area contributed by atoms with Gasteiger partial charge in [0.15, 0.2) is 0 Å². The molecule has 0 aromatic carbocycles. The molecule has 0 aromatic rings. The molecule has 7 heteroatoms. The summed E-state index contributed by atoms with van der Waals surface area (Å²) in [6.45, 7) is 0. The molecule has 1 aliphatic heterocycles. The molecule has 0 bridgehead atoms. The average Bonchev–Trinajstić information content (AvgIpc) is 2.05. The van der Waals surface area contributed by atoms with Gasteiger partial charge in [-0.25, -0.2) is 0 Å². The molecule has 0 atom stereocenters. The molecule has 0 unspecified atom stereocenters. The van der Waals surface area contributed by atoms with Crippen molar-refractivity contribution < 1.29 is 76.0 Å². The zero-order valence-electron chi connectivity index (χ0n) is 7.04. The van der Waals surface area contributed by atoms with Crippen LogP contribution in [0.4, 0.5) is 0 Å². The fraction of sp³-hybridized carbons (Fsp3) is 0.333. The molecule has 4 nitrogen and oxygen atoms in total.